The first-order chi connectivity index (χ1) is 14.1. The predicted octanol–water partition coefficient (Wildman–Crippen LogP) is 1.81. The van der Waals surface area contributed by atoms with Crippen molar-refractivity contribution in [3.8, 4) is 11.1 Å². The summed E-state index contributed by atoms with van der Waals surface area (Å²) in [5.41, 5.74) is 2.70. The van der Waals surface area contributed by atoms with E-state index in [1.165, 1.54) is 6.20 Å². The van der Waals surface area contributed by atoms with Crippen LogP contribution in [0.15, 0.2) is 47.4 Å². The van der Waals surface area contributed by atoms with E-state index in [1.807, 2.05) is 30.3 Å². The van der Waals surface area contributed by atoms with Crippen LogP contribution in [-0.2, 0) is 16.1 Å². The lowest BCUT2D eigenvalue weighted by Gasteiger charge is -2.13. The quantitative estimate of drug-likeness (QED) is 0.465. The minimum atomic E-state index is -1.15. The van der Waals surface area contributed by atoms with E-state index in [0.29, 0.717) is 16.9 Å². The van der Waals surface area contributed by atoms with E-state index in [4.69, 9.17) is 4.74 Å². The number of aliphatic carboxylic acids is 1. The third kappa shape index (κ3) is 3.15. The monoisotopic (exact) mass is 411 g/mol. The van der Waals surface area contributed by atoms with E-state index in [2.05, 4.69) is 27.9 Å². The Morgan fingerprint density at radius 3 is 2.66 bits per heavy atom. The molecule has 9 nitrogen and oxygen atoms in total. The molecule has 10 heteroatoms. The molecule has 1 aromatic carbocycles. The number of ether oxygens (including phenoxy) is 1. The third-order valence-electron chi connectivity index (χ3n) is 4.62. The molecule has 0 fully saturated rings. The predicted molar refractivity (Wildman–Crippen MR) is 109 cm³/mol. The van der Waals surface area contributed by atoms with Gasteiger partial charge in [-0.25, -0.2) is 9.31 Å². The van der Waals surface area contributed by atoms with Crippen LogP contribution < -0.4 is 5.56 Å². The van der Waals surface area contributed by atoms with E-state index in [9.17, 15) is 14.7 Å². The Hall–Kier alpha value is -3.24. The number of carbonyl (C=O) groups is 1. The molecule has 3 aromatic heterocycles. The molecule has 0 saturated heterocycles. The number of carboxylic acids is 1. The molecule has 0 aliphatic heterocycles. The normalized spacial score (nSPS) is 12.5. The number of benzene rings is 1. The molecule has 0 amide bonds. The molecule has 1 N–H and O–H groups in total. The minimum Gasteiger partial charge on any atom is -0.480 e. The van der Waals surface area contributed by atoms with Crippen molar-refractivity contribution in [2.45, 2.75) is 12.6 Å². The van der Waals surface area contributed by atoms with Crippen molar-refractivity contribution in [3.05, 3.63) is 58.6 Å². The van der Waals surface area contributed by atoms with Crippen molar-refractivity contribution in [2.24, 2.45) is 0 Å². The van der Waals surface area contributed by atoms with E-state index in [-0.39, 0.29) is 17.9 Å². The lowest BCUT2D eigenvalue weighted by Crippen LogP contribution is -2.31. The second kappa shape index (κ2) is 7.64. The molecule has 4 aromatic rings. The Balaban J connectivity index is 2.01. The van der Waals surface area contributed by atoms with Crippen LogP contribution in [0, 0.1) is 0 Å². The summed E-state index contributed by atoms with van der Waals surface area (Å²) in [6.45, 7) is 0.257. The van der Waals surface area contributed by atoms with E-state index in [1.54, 1.807) is 17.7 Å². The molecule has 29 heavy (non-hydrogen) atoms. The van der Waals surface area contributed by atoms with Crippen molar-refractivity contribution in [3.63, 3.8) is 0 Å². The number of hydrogen-bond donors (Lipinski definition) is 2. The van der Waals surface area contributed by atoms with Crippen LogP contribution in [0.25, 0.3) is 27.8 Å². The van der Waals surface area contributed by atoms with Gasteiger partial charge in [-0.15, -0.1) is 10.2 Å². The second-order valence-corrected chi connectivity index (χ2v) is 6.72. The highest BCUT2D eigenvalue weighted by molar-refractivity contribution is 7.80. The van der Waals surface area contributed by atoms with Gasteiger partial charge in [0.2, 0.25) is 0 Å². The van der Waals surface area contributed by atoms with E-state index in [0.717, 1.165) is 15.7 Å². The fraction of sp³-hybridized carbons (Fsp3) is 0.211. The maximum Gasteiger partial charge on any atom is 0.327 e. The minimum absolute atomic E-state index is 0.0270. The number of methoxy groups -OCH3 is 1. The number of nitrogens with zero attached hydrogens (tertiary/aromatic N) is 5. The van der Waals surface area contributed by atoms with Gasteiger partial charge in [0.05, 0.1) is 17.9 Å². The van der Waals surface area contributed by atoms with Gasteiger partial charge in [0, 0.05) is 19.1 Å². The zero-order valence-electron chi connectivity index (χ0n) is 15.4. The molecule has 0 aliphatic rings. The summed E-state index contributed by atoms with van der Waals surface area (Å²) < 4.78 is 7.92. The summed E-state index contributed by atoms with van der Waals surface area (Å²) >= 11 is 4.04. The second-order valence-electron chi connectivity index (χ2n) is 6.35. The fourth-order valence-corrected chi connectivity index (χ4v) is 3.61. The van der Waals surface area contributed by atoms with Gasteiger partial charge in [0.25, 0.3) is 5.56 Å². The molecule has 1 unspecified atom stereocenters. The number of rotatable bonds is 6. The molecular weight excluding hydrogens is 394 g/mol. The van der Waals surface area contributed by atoms with Gasteiger partial charge in [-0.05, 0) is 11.6 Å². The highest BCUT2D eigenvalue weighted by Gasteiger charge is 2.23. The largest absolute Gasteiger partial charge is 0.480 e. The molecule has 0 bridgehead atoms. The number of hydrogen-bond acceptors (Lipinski definition) is 7. The van der Waals surface area contributed by atoms with Gasteiger partial charge in [-0.2, -0.15) is 17.7 Å². The zero-order valence-corrected chi connectivity index (χ0v) is 16.3. The molecule has 148 valence electrons. The van der Waals surface area contributed by atoms with Crippen LogP contribution in [0.4, 0.5) is 0 Å². The summed E-state index contributed by atoms with van der Waals surface area (Å²) in [5, 5.41) is 22.3. The summed E-state index contributed by atoms with van der Waals surface area (Å²) in [5.74, 6) is -1.18. The number of carboxylic acid groups (broad SMARTS) is 1. The SMILES string of the molecule is COCc1nn2c(nnc3c(=O)n(C(CS)C(=O)O)ccc32)c1-c1ccccc1. The molecular formula is C19H17N5O4S. The van der Waals surface area contributed by atoms with Crippen molar-refractivity contribution >= 4 is 35.3 Å². The van der Waals surface area contributed by atoms with Crippen molar-refractivity contribution in [1.82, 2.24) is 24.4 Å². The lowest BCUT2D eigenvalue weighted by molar-refractivity contribution is -0.140. The Morgan fingerprint density at radius 1 is 1.24 bits per heavy atom. The highest BCUT2D eigenvalue weighted by atomic mass is 32.1. The van der Waals surface area contributed by atoms with Crippen LogP contribution >= 0.6 is 12.6 Å². The lowest BCUT2D eigenvalue weighted by atomic mass is 10.1. The van der Waals surface area contributed by atoms with E-state index < -0.39 is 17.6 Å². The topological polar surface area (TPSA) is 112 Å². The summed E-state index contributed by atoms with van der Waals surface area (Å²) in [7, 11) is 1.57. The standard InChI is InChI=1S/C19H17N5O4S/c1-28-9-12-15(11-5-3-2-4-6-11)17-21-20-16-13(24(17)22-12)7-8-23(18(16)25)14(10-29)19(26)27/h2-8,14,29H,9-10H2,1H3,(H,26,27). The Morgan fingerprint density at radius 2 is 2.00 bits per heavy atom. The molecule has 0 saturated carbocycles. The van der Waals surface area contributed by atoms with Crippen LogP contribution in [0.3, 0.4) is 0 Å². The van der Waals surface area contributed by atoms with Gasteiger partial charge < -0.3 is 9.84 Å². The number of aromatic nitrogens is 5. The van der Waals surface area contributed by atoms with Gasteiger partial charge in [0.1, 0.15) is 11.6 Å². The maximum atomic E-state index is 12.9. The Bertz CT molecular complexity index is 1270. The summed E-state index contributed by atoms with van der Waals surface area (Å²) in [4.78, 5) is 24.3. The van der Waals surface area contributed by atoms with Crippen molar-refractivity contribution in [2.75, 3.05) is 12.9 Å². The van der Waals surface area contributed by atoms with Gasteiger partial charge in [0.15, 0.2) is 11.2 Å². The first kappa shape index (κ1) is 19.1. The van der Waals surface area contributed by atoms with Crippen molar-refractivity contribution in [1.29, 1.82) is 0 Å². The third-order valence-corrected chi connectivity index (χ3v) is 4.96. The van der Waals surface area contributed by atoms with Gasteiger partial charge in [-0.3, -0.25) is 9.36 Å². The number of pyridine rings is 1. The highest BCUT2D eigenvalue weighted by Crippen LogP contribution is 2.28. The Labute approximate surface area is 170 Å². The first-order valence-electron chi connectivity index (χ1n) is 8.74. The van der Waals surface area contributed by atoms with Gasteiger partial charge >= 0.3 is 5.97 Å². The van der Waals surface area contributed by atoms with Crippen molar-refractivity contribution < 1.29 is 14.6 Å². The Kier molecular flexibility index (Phi) is 5.03. The summed E-state index contributed by atoms with van der Waals surface area (Å²) in [6, 6.07) is 10.1. The van der Waals surface area contributed by atoms with Crippen LogP contribution in [-0.4, -0.2) is 48.3 Å². The van der Waals surface area contributed by atoms with Crippen LogP contribution in [0.2, 0.25) is 0 Å². The average molecular weight is 411 g/mol. The summed E-state index contributed by atoms with van der Waals surface area (Å²) in [6.07, 6.45) is 1.42. The molecule has 0 radical (unpaired) electrons. The molecule has 3 heterocycles. The average Bonchev–Trinajstić information content (AvgIpc) is 3.09. The number of thiol groups is 1. The van der Waals surface area contributed by atoms with Gasteiger partial charge in [-0.1, -0.05) is 30.3 Å². The maximum absolute atomic E-state index is 12.9. The molecule has 1 atom stereocenters. The first-order valence-corrected chi connectivity index (χ1v) is 9.37. The number of fused-ring (bicyclic) bond motifs is 3. The van der Waals surface area contributed by atoms with E-state index >= 15 is 0 Å². The molecule has 0 aliphatic carbocycles. The molecule has 4 rings (SSSR count). The van der Waals surface area contributed by atoms with Crippen LogP contribution in [0.1, 0.15) is 11.7 Å². The molecule has 0 spiro atoms. The smallest absolute Gasteiger partial charge is 0.327 e. The van der Waals surface area contributed by atoms with Crippen LogP contribution in [0.5, 0.6) is 0 Å². The fourth-order valence-electron chi connectivity index (χ4n) is 3.27. The zero-order chi connectivity index (χ0) is 20.5.